The summed E-state index contributed by atoms with van der Waals surface area (Å²) < 4.78 is 9.50. The van der Waals surface area contributed by atoms with Gasteiger partial charge in [-0.15, -0.1) is 0 Å². The average Bonchev–Trinajstić information content (AvgIpc) is 3.83. The van der Waals surface area contributed by atoms with Gasteiger partial charge < -0.3 is 35.8 Å². The third kappa shape index (κ3) is 19.5. The van der Waals surface area contributed by atoms with Crippen molar-refractivity contribution in [2.45, 2.75) is 110 Å². The average molecular weight is 747 g/mol. The topological polar surface area (TPSA) is 196 Å². The molecule has 3 rings (SSSR count). The fraction of sp³-hybridized carbons (Fsp3) is 0.684. The van der Waals surface area contributed by atoms with Gasteiger partial charge in [-0.2, -0.15) is 0 Å². The van der Waals surface area contributed by atoms with E-state index < -0.39 is 12.8 Å². The van der Waals surface area contributed by atoms with Crippen molar-refractivity contribution in [3.63, 3.8) is 0 Å². The van der Waals surface area contributed by atoms with Gasteiger partial charge in [0.1, 0.15) is 6.61 Å². The largest absolute Gasteiger partial charge is 0.461 e. The predicted molar refractivity (Wildman–Crippen MR) is 199 cm³/mol. The van der Waals surface area contributed by atoms with E-state index in [4.69, 9.17) is 9.84 Å². The second-order valence-corrected chi connectivity index (χ2v) is 13.2. The van der Waals surface area contributed by atoms with Crippen molar-refractivity contribution < 1.29 is 43.3 Å². The molecule has 53 heavy (non-hydrogen) atoms. The highest BCUT2D eigenvalue weighted by Crippen LogP contribution is 2.19. The smallest absolute Gasteiger partial charge is 0.309 e. The maximum absolute atomic E-state index is 12.3. The summed E-state index contributed by atoms with van der Waals surface area (Å²) in [6.45, 7) is 8.65. The van der Waals surface area contributed by atoms with E-state index in [9.17, 15) is 28.8 Å². The quantitative estimate of drug-likeness (QED) is 0.0809. The highest BCUT2D eigenvalue weighted by Gasteiger charge is 2.30. The molecule has 1 aromatic rings. The fourth-order valence-electron chi connectivity index (χ4n) is 6.08. The molecule has 2 heterocycles. The number of carbonyl (C=O) groups excluding carboxylic acids is 6. The lowest BCUT2D eigenvalue weighted by Gasteiger charge is -2.23. The number of nitrogens with zero attached hydrogens (tertiary/aromatic N) is 2. The standard InChI is InChI=1S/C22H33N3O4.C16H29N3O5/c1-2-3-15-25-16-7-10-19(25)22(28)24-13-11-20(26)23-14-12-21(27)29-17-18-8-5-4-6-9-18;1-2-3-10-19-11-4-5-13(19)16(23)18-8-6-14(21)17-9-7-15(22)24-12-20/h4-6,8-9,19H,2-3,7,10-17H2,1H3,(H,23,26)(H,24,28);13,20H,2-12H2,1H3,(H,17,21)(H,18,23). The highest BCUT2D eigenvalue weighted by atomic mass is 16.6. The zero-order valence-corrected chi connectivity index (χ0v) is 31.7. The van der Waals surface area contributed by atoms with Gasteiger partial charge in [-0.3, -0.25) is 38.6 Å². The van der Waals surface area contributed by atoms with Crippen LogP contribution in [0.1, 0.15) is 96.5 Å². The zero-order valence-electron chi connectivity index (χ0n) is 31.7. The van der Waals surface area contributed by atoms with Crippen LogP contribution in [-0.4, -0.2) is 122 Å². The van der Waals surface area contributed by atoms with Crippen molar-refractivity contribution in [1.82, 2.24) is 31.1 Å². The van der Waals surface area contributed by atoms with Crippen LogP contribution in [0.15, 0.2) is 30.3 Å². The first-order chi connectivity index (χ1) is 25.7. The van der Waals surface area contributed by atoms with Gasteiger partial charge in [0.2, 0.25) is 23.6 Å². The molecule has 15 nitrogen and oxygen atoms in total. The third-order valence-corrected chi connectivity index (χ3v) is 9.00. The maximum atomic E-state index is 12.3. The number of ether oxygens (including phenoxy) is 2. The van der Waals surface area contributed by atoms with Gasteiger partial charge in [-0.05, 0) is 70.3 Å². The Morgan fingerprint density at radius 3 is 1.57 bits per heavy atom. The Morgan fingerprint density at radius 2 is 1.11 bits per heavy atom. The molecule has 1 aromatic carbocycles. The molecule has 15 heteroatoms. The van der Waals surface area contributed by atoms with E-state index in [2.05, 4.69) is 49.7 Å². The summed E-state index contributed by atoms with van der Waals surface area (Å²) in [6, 6.07) is 9.31. The number of hydrogen-bond acceptors (Lipinski definition) is 11. The lowest BCUT2D eigenvalue weighted by atomic mass is 10.2. The molecule has 2 atom stereocenters. The number of benzene rings is 1. The summed E-state index contributed by atoms with van der Waals surface area (Å²) >= 11 is 0. The van der Waals surface area contributed by atoms with Gasteiger partial charge in [0.25, 0.3) is 0 Å². The maximum Gasteiger partial charge on any atom is 0.309 e. The molecule has 2 aliphatic heterocycles. The van der Waals surface area contributed by atoms with Crippen molar-refractivity contribution >= 4 is 35.6 Å². The molecule has 298 valence electrons. The summed E-state index contributed by atoms with van der Waals surface area (Å²) in [6.07, 6.45) is 8.74. The van der Waals surface area contributed by atoms with Crippen molar-refractivity contribution in [2.24, 2.45) is 0 Å². The van der Waals surface area contributed by atoms with E-state index >= 15 is 0 Å². The van der Waals surface area contributed by atoms with Gasteiger partial charge >= 0.3 is 11.9 Å². The molecular weight excluding hydrogens is 684 g/mol. The Morgan fingerprint density at radius 1 is 0.660 bits per heavy atom. The number of esters is 2. The number of amides is 4. The Labute approximate surface area is 314 Å². The first-order valence-corrected chi connectivity index (χ1v) is 19.2. The number of carbonyl (C=O) groups is 6. The minimum atomic E-state index is -0.657. The number of hydrogen-bond donors (Lipinski definition) is 5. The molecule has 2 unspecified atom stereocenters. The number of unbranched alkanes of at least 4 members (excludes halogenated alkanes) is 2. The summed E-state index contributed by atoms with van der Waals surface area (Å²) in [5.74, 6) is -1.34. The first-order valence-electron chi connectivity index (χ1n) is 19.2. The van der Waals surface area contributed by atoms with Crippen molar-refractivity contribution in [3.05, 3.63) is 35.9 Å². The number of likely N-dealkylation sites (tertiary alicyclic amines) is 2. The molecule has 2 fully saturated rings. The minimum absolute atomic E-state index is 0.00707. The number of nitrogens with one attached hydrogen (secondary N) is 4. The first kappa shape index (κ1) is 45.1. The molecular formula is C38H62N6O9. The Bertz CT molecular complexity index is 1250. The van der Waals surface area contributed by atoms with E-state index in [0.717, 1.165) is 83.1 Å². The van der Waals surface area contributed by atoms with Crippen LogP contribution in [-0.2, 0) is 44.8 Å². The molecule has 0 aliphatic carbocycles. The monoisotopic (exact) mass is 746 g/mol. The van der Waals surface area contributed by atoms with Crippen LogP contribution in [0, 0.1) is 0 Å². The van der Waals surface area contributed by atoms with Crippen LogP contribution in [0.3, 0.4) is 0 Å². The van der Waals surface area contributed by atoms with Gasteiger partial charge in [-0.1, -0.05) is 57.0 Å². The summed E-state index contributed by atoms with van der Waals surface area (Å²) in [4.78, 5) is 75.2. The third-order valence-electron chi connectivity index (χ3n) is 9.00. The van der Waals surface area contributed by atoms with Crippen molar-refractivity contribution in [1.29, 1.82) is 0 Å². The molecule has 0 aromatic heterocycles. The van der Waals surface area contributed by atoms with Crippen molar-refractivity contribution in [2.75, 3.05) is 59.2 Å². The molecule has 5 N–H and O–H groups in total. The molecule has 2 aliphatic rings. The van der Waals surface area contributed by atoms with Gasteiger partial charge in [0.15, 0.2) is 6.79 Å². The van der Waals surface area contributed by atoms with E-state index in [0.29, 0.717) is 6.54 Å². The molecule has 0 spiro atoms. The summed E-state index contributed by atoms with van der Waals surface area (Å²) in [7, 11) is 0. The molecule has 2 saturated heterocycles. The normalized spacial score (nSPS) is 16.9. The van der Waals surface area contributed by atoms with Gasteiger partial charge in [0, 0.05) is 39.0 Å². The second-order valence-electron chi connectivity index (χ2n) is 13.2. The van der Waals surface area contributed by atoms with Crippen molar-refractivity contribution in [3.8, 4) is 0 Å². The SMILES string of the molecule is CCCCN1CCCC1C(=O)NCCC(=O)NCCC(=O)OCO.CCCCN1CCCC1C(=O)NCCC(=O)NCCC(=O)OCc1ccccc1. The van der Waals surface area contributed by atoms with E-state index in [1.54, 1.807) is 0 Å². The van der Waals surface area contributed by atoms with Crippen LogP contribution in [0.2, 0.25) is 0 Å². The molecule has 0 bridgehead atoms. The van der Waals surface area contributed by atoms with E-state index in [1.807, 2.05) is 30.3 Å². The second kappa shape index (κ2) is 27.5. The lowest BCUT2D eigenvalue weighted by molar-refractivity contribution is -0.151. The minimum Gasteiger partial charge on any atom is -0.461 e. The summed E-state index contributed by atoms with van der Waals surface area (Å²) in [5, 5.41) is 19.3. The Balaban J connectivity index is 0.000000374. The van der Waals surface area contributed by atoms with E-state index in [-0.39, 0.29) is 93.6 Å². The van der Waals surface area contributed by atoms with Crippen LogP contribution >= 0.6 is 0 Å². The van der Waals surface area contributed by atoms with Gasteiger partial charge in [-0.25, -0.2) is 0 Å². The van der Waals surface area contributed by atoms with Gasteiger partial charge in [0.05, 0.1) is 24.9 Å². The Kier molecular flexibility index (Phi) is 23.4. The van der Waals surface area contributed by atoms with E-state index in [1.165, 1.54) is 0 Å². The Hall–Kier alpha value is -4.08. The predicted octanol–water partition coefficient (Wildman–Crippen LogP) is 1.76. The lowest BCUT2D eigenvalue weighted by Crippen LogP contribution is -2.44. The fourth-order valence-corrected chi connectivity index (χ4v) is 6.08. The number of aliphatic hydroxyl groups is 1. The molecule has 4 amide bonds. The summed E-state index contributed by atoms with van der Waals surface area (Å²) in [5.41, 5.74) is 0.927. The van der Waals surface area contributed by atoms with Crippen LogP contribution in [0.25, 0.3) is 0 Å². The van der Waals surface area contributed by atoms with Crippen LogP contribution < -0.4 is 21.3 Å². The number of aliphatic hydroxyl groups excluding tert-OH is 1. The zero-order chi connectivity index (χ0) is 38.7. The van der Waals surface area contributed by atoms with Crippen LogP contribution in [0.4, 0.5) is 0 Å². The van der Waals surface area contributed by atoms with Crippen LogP contribution in [0.5, 0.6) is 0 Å². The number of rotatable bonds is 23. The molecule has 0 radical (unpaired) electrons. The highest BCUT2D eigenvalue weighted by molar-refractivity contribution is 5.84. The molecule has 0 saturated carbocycles.